The maximum atomic E-state index is 13.1. The second-order valence-corrected chi connectivity index (χ2v) is 3.88. The second kappa shape index (κ2) is 5.62. The fourth-order valence-corrected chi connectivity index (χ4v) is 1.61. The summed E-state index contributed by atoms with van der Waals surface area (Å²) in [6.07, 6.45) is 0. The van der Waals surface area contributed by atoms with Gasteiger partial charge in [-0.1, -0.05) is 0 Å². The van der Waals surface area contributed by atoms with Gasteiger partial charge in [-0.05, 0) is 24.3 Å². The molecular weight excluding hydrogens is 253 g/mol. The highest BCUT2D eigenvalue weighted by molar-refractivity contribution is 5.96. The van der Waals surface area contributed by atoms with Crippen LogP contribution in [0, 0.1) is 5.82 Å². The smallest absolute Gasteiger partial charge is 0.349 e. The molecule has 5 nitrogen and oxygen atoms in total. The van der Waals surface area contributed by atoms with Crippen LogP contribution in [0.4, 0.5) is 4.39 Å². The van der Waals surface area contributed by atoms with E-state index in [1.807, 2.05) is 0 Å². The van der Waals surface area contributed by atoms with Crippen molar-refractivity contribution in [1.82, 2.24) is 5.32 Å². The number of carbonyl (C=O) groups is 1. The summed E-state index contributed by atoms with van der Waals surface area (Å²) < 4.78 is 22.8. The molecule has 0 aliphatic rings. The summed E-state index contributed by atoms with van der Waals surface area (Å²) in [5, 5.41) is 2.86. The first-order chi connectivity index (χ1) is 9.11. The summed E-state index contributed by atoms with van der Waals surface area (Å²) in [7, 11) is 1.50. The van der Waals surface area contributed by atoms with E-state index in [2.05, 4.69) is 5.32 Å². The molecule has 100 valence electrons. The zero-order chi connectivity index (χ0) is 13.8. The maximum Gasteiger partial charge on any atom is 0.349 e. The van der Waals surface area contributed by atoms with E-state index in [9.17, 15) is 14.0 Å². The van der Waals surface area contributed by atoms with E-state index in [0.29, 0.717) is 12.0 Å². The Morgan fingerprint density at radius 1 is 1.42 bits per heavy atom. The first-order valence-electron chi connectivity index (χ1n) is 5.62. The summed E-state index contributed by atoms with van der Waals surface area (Å²) in [5.74, 6) is -1.04. The van der Waals surface area contributed by atoms with E-state index in [1.165, 1.54) is 31.4 Å². The van der Waals surface area contributed by atoms with Crippen molar-refractivity contribution in [2.24, 2.45) is 0 Å². The quantitative estimate of drug-likeness (QED) is 0.668. The van der Waals surface area contributed by atoms with Crippen LogP contribution in [0.15, 0.2) is 33.5 Å². The molecule has 0 fully saturated rings. The largest absolute Gasteiger partial charge is 0.422 e. The topological polar surface area (TPSA) is 68.5 Å². The van der Waals surface area contributed by atoms with Gasteiger partial charge in [0.2, 0.25) is 0 Å². The molecule has 1 amide bonds. The van der Waals surface area contributed by atoms with Gasteiger partial charge in [0.15, 0.2) is 0 Å². The lowest BCUT2D eigenvalue weighted by Gasteiger charge is -2.04. The predicted molar refractivity (Wildman–Crippen MR) is 66.7 cm³/mol. The summed E-state index contributed by atoms with van der Waals surface area (Å²) in [6, 6.07) is 5.04. The Hall–Kier alpha value is -2.21. The SMILES string of the molecule is COCCNC(=O)c1cc2cc(F)ccc2oc1=O. The van der Waals surface area contributed by atoms with Crippen LogP contribution in [0.2, 0.25) is 0 Å². The number of carbonyl (C=O) groups excluding carboxylic acids is 1. The van der Waals surface area contributed by atoms with E-state index in [4.69, 9.17) is 9.15 Å². The van der Waals surface area contributed by atoms with Crippen molar-refractivity contribution in [2.45, 2.75) is 0 Å². The van der Waals surface area contributed by atoms with Gasteiger partial charge in [-0.15, -0.1) is 0 Å². The van der Waals surface area contributed by atoms with E-state index < -0.39 is 17.3 Å². The second-order valence-electron chi connectivity index (χ2n) is 3.88. The Morgan fingerprint density at radius 3 is 2.95 bits per heavy atom. The molecule has 2 rings (SSSR count). The lowest BCUT2D eigenvalue weighted by molar-refractivity contribution is 0.0933. The van der Waals surface area contributed by atoms with E-state index in [0.717, 1.165) is 0 Å². The number of halogens is 1. The van der Waals surface area contributed by atoms with Gasteiger partial charge in [0.1, 0.15) is 17.0 Å². The Balaban J connectivity index is 2.35. The number of hydrogen-bond donors (Lipinski definition) is 1. The average Bonchev–Trinajstić information content (AvgIpc) is 2.38. The highest BCUT2D eigenvalue weighted by Gasteiger charge is 2.13. The molecule has 0 spiro atoms. The molecule has 0 radical (unpaired) electrons. The molecule has 1 heterocycles. The molecule has 0 aliphatic carbocycles. The highest BCUT2D eigenvalue weighted by atomic mass is 19.1. The molecule has 0 unspecified atom stereocenters. The molecule has 2 aromatic rings. The molecule has 0 saturated carbocycles. The third-order valence-corrected chi connectivity index (χ3v) is 2.53. The van der Waals surface area contributed by atoms with Crippen LogP contribution in [0.25, 0.3) is 11.0 Å². The average molecular weight is 265 g/mol. The molecule has 1 aromatic heterocycles. The van der Waals surface area contributed by atoms with Crippen molar-refractivity contribution in [3.05, 3.63) is 46.1 Å². The Morgan fingerprint density at radius 2 is 2.21 bits per heavy atom. The number of fused-ring (bicyclic) bond motifs is 1. The van der Waals surface area contributed by atoms with Gasteiger partial charge >= 0.3 is 5.63 Å². The van der Waals surface area contributed by atoms with Crippen LogP contribution >= 0.6 is 0 Å². The van der Waals surface area contributed by atoms with Crippen molar-refractivity contribution in [3.8, 4) is 0 Å². The Kier molecular flexibility index (Phi) is 3.91. The summed E-state index contributed by atoms with van der Waals surface area (Å²) in [4.78, 5) is 23.4. The van der Waals surface area contributed by atoms with Crippen LogP contribution in [0.3, 0.4) is 0 Å². The number of rotatable bonds is 4. The number of amides is 1. The lowest BCUT2D eigenvalue weighted by atomic mass is 10.1. The first-order valence-corrected chi connectivity index (χ1v) is 5.62. The predicted octanol–water partition coefficient (Wildman–Crippen LogP) is 1.31. The number of ether oxygens (including phenoxy) is 1. The van der Waals surface area contributed by atoms with Crippen molar-refractivity contribution in [2.75, 3.05) is 20.3 Å². The van der Waals surface area contributed by atoms with E-state index in [1.54, 1.807) is 0 Å². The first kappa shape index (κ1) is 13.2. The number of nitrogens with one attached hydrogen (secondary N) is 1. The fraction of sp³-hybridized carbons (Fsp3) is 0.231. The number of hydrogen-bond acceptors (Lipinski definition) is 4. The molecule has 1 aromatic carbocycles. The minimum Gasteiger partial charge on any atom is -0.422 e. The van der Waals surface area contributed by atoms with Crippen LogP contribution in [-0.2, 0) is 4.74 Å². The van der Waals surface area contributed by atoms with Crippen molar-refractivity contribution in [1.29, 1.82) is 0 Å². The van der Waals surface area contributed by atoms with Gasteiger partial charge in [0.05, 0.1) is 6.61 Å². The van der Waals surface area contributed by atoms with Crippen molar-refractivity contribution in [3.63, 3.8) is 0 Å². The molecule has 0 aliphatic heterocycles. The zero-order valence-electron chi connectivity index (χ0n) is 10.2. The van der Waals surface area contributed by atoms with Gasteiger partial charge in [0.25, 0.3) is 5.91 Å². The molecule has 0 atom stereocenters. The number of benzene rings is 1. The van der Waals surface area contributed by atoms with Gasteiger partial charge in [-0.2, -0.15) is 0 Å². The molecular formula is C13H12FNO4. The third kappa shape index (κ3) is 2.97. The summed E-state index contributed by atoms with van der Waals surface area (Å²) in [5.41, 5.74) is -0.678. The molecule has 6 heteroatoms. The standard InChI is InChI=1S/C13H12FNO4/c1-18-5-4-15-12(16)10-7-8-6-9(14)2-3-11(8)19-13(10)17/h2-3,6-7H,4-5H2,1H3,(H,15,16). The van der Waals surface area contributed by atoms with Gasteiger partial charge in [-0.3, -0.25) is 4.79 Å². The fourth-order valence-electron chi connectivity index (χ4n) is 1.61. The Bertz CT molecular complexity index is 665. The number of methoxy groups -OCH3 is 1. The summed E-state index contributed by atoms with van der Waals surface area (Å²) >= 11 is 0. The normalized spacial score (nSPS) is 10.6. The summed E-state index contributed by atoms with van der Waals surface area (Å²) in [6.45, 7) is 0.606. The van der Waals surface area contributed by atoms with Crippen molar-refractivity contribution < 1.29 is 18.3 Å². The molecule has 0 saturated heterocycles. The maximum absolute atomic E-state index is 13.1. The molecule has 19 heavy (non-hydrogen) atoms. The van der Waals surface area contributed by atoms with Gasteiger partial charge in [0, 0.05) is 19.0 Å². The van der Waals surface area contributed by atoms with Crippen molar-refractivity contribution >= 4 is 16.9 Å². The van der Waals surface area contributed by atoms with Gasteiger partial charge in [-0.25, -0.2) is 9.18 Å². The minimum atomic E-state index is -0.756. The minimum absolute atomic E-state index is 0.158. The monoisotopic (exact) mass is 265 g/mol. The third-order valence-electron chi connectivity index (χ3n) is 2.53. The Labute approximate surface area is 108 Å². The van der Waals surface area contributed by atoms with E-state index in [-0.39, 0.29) is 17.7 Å². The zero-order valence-corrected chi connectivity index (χ0v) is 10.2. The highest BCUT2D eigenvalue weighted by Crippen LogP contribution is 2.14. The van der Waals surface area contributed by atoms with Crippen LogP contribution < -0.4 is 10.9 Å². The molecule has 1 N–H and O–H groups in total. The van der Waals surface area contributed by atoms with Gasteiger partial charge < -0.3 is 14.5 Å². The lowest BCUT2D eigenvalue weighted by Crippen LogP contribution is -2.30. The molecule has 0 bridgehead atoms. The van der Waals surface area contributed by atoms with E-state index >= 15 is 0 Å². The van der Waals surface area contributed by atoms with Crippen LogP contribution in [0.1, 0.15) is 10.4 Å². The van der Waals surface area contributed by atoms with Crippen LogP contribution in [0.5, 0.6) is 0 Å². The van der Waals surface area contributed by atoms with Crippen LogP contribution in [-0.4, -0.2) is 26.2 Å².